The van der Waals surface area contributed by atoms with E-state index in [9.17, 15) is 19.2 Å². The van der Waals surface area contributed by atoms with Gasteiger partial charge in [0.2, 0.25) is 0 Å². The molecule has 77 heavy (non-hydrogen) atoms. The lowest BCUT2D eigenvalue weighted by Gasteiger charge is -2.50. The van der Waals surface area contributed by atoms with Crippen LogP contribution in [0.1, 0.15) is 252 Å². The van der Waals surface area contributed by atoms with Gasteiger partial charge in [0.25, 0.3) is 5.91 Å². The van der Waals surface area contributed by atoms with Crippen LogP contribution < -0.4 is 5.32 Å². The lowest BCUT2D eigenvalue weighted by atomic mass is 9.94. The zero-order valence-corrected chi connectivity index (χ0v) is 48.3. The predicted molar refractivity (Wildman–Crippen MR) is 297 cm³/mol. The smallest absolute Gasteiger partial charge is 0.462 e. The number of hydrogen-bond donors (Lipinski definition) is 1. The number of rotatable bonds is 45. The zero-order chi connectivity index (χ0) is 56.0. The molecule has 0 saturated carbocycles. The van der Waals surface area contributed by atoms with Gasteiger partial charge >= 0.3 is 24.0 Å². The highest BCUT2D eigenvalue weighted by atomic mass is 19.3. The minimum Gasteiger partial charge on any atom is -0.462 e. The number of alkyl halides is 2. The van der Waals surface area contributed by atoms with Crippen molar-refractivity contribution in [3.05, 3.63) is 48.6 Å². The molecule has 7 atom stereocenters. The van der Waals surface area contributed by atoms with Crippen LogP contribution in [0.4, 0.5) is 13.6 Å². The Morgan fingerprint density at radius 2 is 1.21 bits per heavy atom. The number of halogens is 2. The normalized spacial score (nSPS) is 19.9. The highest BCUT2D eigenvalue weighted by Crippen LogP contribution is 2.36. The van der Waals surface area contributed by atoms with Crippen molar-refractivity contribution in [2.24, 2.45) is 0 Å². The maximum Gasteiger partial charge on any atom is 0.509 e. The third kappa shape index (κ3) is 28.9. The molecule has 2 heterocycles. The zero-order valence-electron chi connectivity index (χ0n) is 48.3. The van der Waals surface area contributed by atoms with Gasteiger partial charge in [-0.2, -0.15) is 8.78 Å². The molecule has 1 aromatic rings. The molecule has 0 bridgehead atoms. The van der Waals surface area contributed by atoms with Gasteiger partial charge in [0.15, 0.2) is 24.3 Å². The molecule has 3 rings (SSSR count). The first-order valence-electron chi connectivity index (χ1n) is 30.4. The monoisotopic (exact) mass is 1090 g/mol. The molecule has 0 spiro atoms. The Hall–Kier alpha value is -3.66. The van der Waals surface area contributed by atoms with E-state index in [4.69, 9.17) is 37.9 Å². The minimum atomic E-state index is -4.31. The van der Waals surface area contributed by atoms with E-state index >= 15 is 8.78 Å². The van der Waals surface area contributed by atoms with E-state index in [1.54, 1.807) is 44.2 Å². The summed E-state index contributed by atoms with van der Waals surface area (Å²) in [5.74, 6) is -8.50. The summed E-state index contributed by atoms with van der Waals surface area (Å²) >= 11 is 0. The van der Waals surface area contributed by atoms with Crippen LogP contribution in [0.25, 0.3) is 0 Å². The molecule has 1 unspecified atom stereocenters. The molecule has 2 saturated heterocycles. The van der Waals surface area contributed by atoms with E-state index in [0.29, 0.717) is 24.8 Å². The second-order valence-electron chi connectivity index (χ2n) is 22.0. The average Bonchev–Trinajstić information content (AvgIpc) is 3.42. The molecule has 0 aliphatic carbocycles. The maximum atomic E-state index is 16.9. The van der Waals surface area contributed by atoms with Crippen LogP contribution in [0.15, 0.2) is 43.0 Å². The van der Waals surface area contributed by atoms with Gasteiger partial charge in [0.1, 0.15) is 31.0 Å². The van der Waals surface area contributed by atoms with E-state index in [1.807, 2.05) is 0 Å². The predicted octanol–water partition coefficient (Wildman–Crippen LogP) is 15.7. The number of ether oxygens (including phenoxy) is 8. The summed E-state index contributed by atoms with van der Waals surface area (Å²) in [6, 6.07) is 7.17. The number of carbonyl (C=O) groups excluding carboxylic acids is 4. The fraction of sp³-hybridized carbons (Fsp3) is 0.806. The van der Waals surface area contributed by atoms with E-state index in [-0.39, 0.29) is 51.5 Å². The second kappa shape index (κ2) is 40.5. The van der Waals surface area contributed by atoms with Crippen LogP contribution in [0, 0.1) is 0 Å². The Balaban J connectivity index is 1.82. The van der Waals surface area contributed by atoms with Crippen molar-refractivity contribution in [3.63, 3.8) is 0 Å². The third-order valence-electron chi connectivity index (χ3n) is 14.6. The SMILES string of the molecule is C=CCO[C@@H]1O[C@@H]2COC(C)(C)O[C@H]2[C@H](OC(=O)C[C@@H](CCCCCCCCCCC)OC(=O)CCCCCCCCCCCCC)[C@H]1NC(=O)C(F)(F)C(CCCCCCCCCCC)OC(=O)OCc1ccccc1. The molecule has 2 aliphatic rings. The summed E-state index contributed by atoms with van der Waals surface area (Å²) < 4.78 is 81.0. The highest BCUT2D eigenvalue weighted by Gasteiger charge is 2.57. The second-order valence-corrected chi connectivity index (χ2v) is 22.0. The van der Waals surface area contributed by atoms with Gasteiger partial charge in [-0.15, -0.1) is 6.58 Å². The standard InChI is InChI=1S/C62H103F2NO12/c1-7-11-14-17-20-23-24-27-30-33-39-44-53(66)73-50(42-37-31-28-25-21-18-15-12-8-2)46-54(67)76-57-55(58(70-45-10-4)74-51-48-72-61(5,6)77-56(51)57)65-59(68)62(63,64)52(43-38-32-29-26-22-19-16-13-9-3)75-60(69)71-47-49-40-35-34-36-41-49/h10,34-36,40-41,50-52,55-58H,4,7-9,11-33,37-39,42-48H2,1-3,5-6H3,(H,65,68)/t50-,51-,52?,55-,56-,57-,58-/m1/s1. The van der Waals surface area contributed by atoms with Crippen molar-refractivity contribution in [1.29, 1.82) is 0 Å². The summed E-state index contributed by atoms with van der Waals surface area (Å²) in [5.41, 5.74) is 0.622. The van der Waals surface area contributed by atoms with Gasteiger partial charge in [-0.3, -0.25) is 14.4 Å². The number of benzene rings is 1. The Labute approximate surface area is 463 Å². The Morgan fingerprint density at radius 3 is 1.74 bits per heavy atom. The van der Waals surface area contributed by atoms with Gasteiger partial charge in [-0.25, -0.2) is 4.79 Å². The Morgan fingerprint density at radius 1 is 0.701 bits per heavy atom. The van der Waals surface area contributed by atoms with Gasteiger partial charge in [-0.05, 0) is 51.5 Å². The van der Waals surface area contributed by atoms with E-state index in [2.05, 4.69) is 32.7 Å². The number of fused-ring (bicyclic) bond motifs is 1. The number of nitrogens with one attached hydrogen (secondary N) is 1. The molecule has 0 radical (unpaired) electrons. The molecule has 13 nitrogen and oxygen atoms in total. The molecule has 2 aliphatic heterocycles. The number of esters is 2. The third-order valence-corrected chi connectivity index (χ3v) is 14.6. The Kier molecular flexibility index (Phi) is 35.6. The summed E-state index contributed by atoms with van der Waals surface area (Å²) in [5, 5.41) is 2.40. The van der Waals surface area contributed by atoms with Crippen molar-refractivity contribution < 1.29 is 65.9 Å². The Bertz CT molecular complexity index is 1730. The first-order valence-corrected chi connectivity index (χ1v) is 30.4. The first kappa shape index (κ1) is 67.6. The van der Waals surface area contributed by atoms with Crippen LogP contribution >= 0.6 is 0 Å². The van der Waals surface area contributed by atoms with Crippen molar-refractivity contribution in [2.45, 2.75) is 308 Å². The van der Waals surface area contributed by atoms with E-state index in [1.165, 1.54) is 83.1 Å². The van der Waals surface area contributed by atoms with Crippen LogP contribution in [0.5, 0.6) is 0 Å². The average molecular weight is 1090 g/mol. The summed E-state index contributed by atoms with van der Waals surface area (Å²) in [6.45, 7) is 13.2. The molecular weight excluding hydrogens is 989 g/mol. The quantitative estimate of drug-likeness (QED) is 0.0286. The molecule has 442 valence electrons. The molecule has 1 N–H and O–H groups in total. The summed E-state index contributed by atoms with van der Waals surface area (Å²) in [4.78, 5) is 55.0. The van der Waals surface area contributed by atoms with E-state index in [0.717, 1.165) is 89.9 Å². The number of hydrogen-bond acceptors (Lipinski definition) is 12. The van der Waals surface area contributed by atoms with Crippen LogP contribution in [-0.2, 0) is 58.9 Å². The highest BCUT2D eigenvalue weighted by molar-refractivity contribution is 5.85. The summed E-state index contributed by atoms with van der Waals surface area (Å²) in [7, 11) is 0. The van der Waals surface area contributed by atoms with Gasteiger partial charge in [0, 0.05) is 6.42 Å². The van der Waals surface area contributed by atoms with Crippen molar-refractivity contribution in [2.75, 3.05) is 13.2 Å². The molecular formula is C62H103F2NO12. The van der Waals surface area contributed by atoms with Crippen LogP contribution in [0.3, 0.4) is 0 Å². The summed E-state index contributed by atoms with van der Waals surface area (Å²) in [6.07, 6.45) is 22.7. The molecule has 15 heteroatoms. The first-order chi connectivity index (χ1) is 37.2. The van der Waals surface area contributed by atoms with Gasteiger partial charge < -0.3 is 43.2 Å². The van der Waals surface area contributed by atoms with E-state index < -0.39 is 72.6 Å². The molecule has 2 fully saturated rings. The minimum absolute atomic E-state index is 0.0336. The maximum absolute atomic E-state index is 16.9. The van der Waals surface area contributed by atoms with Crippen LogP contribution in [-0.4, -0.2) is 91.8 Å². The fourth-order valence-corrected chi connectivity index (χ4v) is 10.1. The van der Waals surface area contributed by atoms with Crippen molar-refractivity contribution >= 4 is 24.0 Å². The lowest BCUT2D eigenvalue weighted by molar-refractivity contribution is -0.368. The fourth-order valence-electron chi connectivity index (χ4n) is 10.1. The van der Waals surface area contributed by atoms with Crippen molar-refractivity contribution in [1.82, 2.24) is 5.32 Å². The topological polar surface area (TPSA) is 154 Å². The number of unbranched alkanes of at least 4 members (excludes halogenated alkanes) is 26. The van der Waals surface area contributed by atoms with Gasteiger partial charge in [0.05, 0.1) is 19.6 Å². The lowest BCUT2D eigenvalue weighted by Crippen LogP contribution is -2.70. The van der Waals surface area contributed by atoms with Crippen molar-refractivity contribution in [3.8, 4) is 0 Å². The number of amides is 1. The number of carbonyl (C=O) groups is 4. The largest absolute Gasteiger partial charge is 0.509 e. The molecule has 1 aromatic carbocycles. The molecule has 0 aromatic heterocycles. The molecule has 1 amide bonds. The van der Waals surface area contributed by atoms with Crippen LogP contribution in [0.2, 0.25) is 0 Å². The van der Waals surface area contributed by atoms with Gasteiger partial charge in [-0.1, -0.05) is 224 Å².